The Hall–Kier alpha value is -2.61. The molecule has 2 aromatic rings. The highest BCUT2D eigenvalue weighted by Crippen LogP contribution is 2.45. The Bertz CT molecular complexity index is 954. The van der Waals surface area contributed by atoms with Crippen molar-refractivity contribution in [2.24, 2.45) is 5.92 Å². The SMILES string of the molecule is CC(C)CC1C(c2ccccc2-n2ncoc2=O)OC(C)(C)N1C(=O)OC(C)(C)C. The molecule has 164 valence electrons. The number of para-hydroxylation sites is 1. The molecule has 1 aliphatic rings. The molecular formula is C22H31N3O5. The van der Waals surface area contributed by atoms with Crippen LogP contribution in [0.15, 0.2) is 39.9 Å². The Morgan fingerprint density at radius 3 is 2.50 bits per heavy atom. The maximum atomic E-state index is 13.2. The fourth-order valence-electron chi connectivity index (χ4n) is 3.92. The molecule has 2 atom stereocenters. The zero-order valence-corrected chi connectivity index (χ0v) is 18.7. The van der Waals surface area contributed by atoms with E-state index in [-0.39, 0.29) is 6.04 Å². The lowest BCUT2D eigenvalue weighted by atomic mass is 9.93. The summed E-state index contributed by atoms with van der Waals surface area (Å²) in [4.78, 5) is 27.0. The van der Waals surface area contributed by atoms with E-state index in [0.29, 0.717) is 18.0 Å². The van der Waals surface area contributed by atoms with Gasteiger partial charge < -0.3 is 13.9 Å². The quantitative estimate of drug-likeness (QED) is 0.738. The minimum Gasteiger partial charge on any atom is -0.444 e. The zero-order chi connectivity index (χ0) is 22.3. The highest BCUT2D eigenvalue weighted by molar-refractivity contribution is 5.70. The van der Waals surface area contributed by atoms with E-state index in [0.717, 1.165) is 12.0 Å². The van der Waals surface area contributed by atoms with Crippen molar-refractivity contribution in [2.45, 2.75) is 78.4 Å². The monoisotopic (exact) mass is 417 g/mol. The second kappa shape index (κ2) is 7.91. The number of nitrogens with zero attached hydrogens (tertiary/aromatic N) is 3. The van der Waals surface area contributed by atoms with Gasteiger partial charge >= 0.3 is 11.8 Å². The van der Waals surface area contributed by atoms with Crippen molar-refractivity contribution in [3.8, 4) is 5.69 Å². The Morgan fingerprint density at radius 1 is 1.27 bits per heavy atom. The summed E-state index contributed by atoms with van der Waals surface area (Å²) in [5.41, 5.74) is -0.191. The molecular weight excluding hydrogens is 386 g/mol. The van der Waals surface area contributed by atoms with Gasteiger partial charge in [0.2, 0.25) is 6.39 Å². The van der Waals surface area contributed by atoms with E-state index in [9.17, 15) is 9.59 Å². The summed E-state index contributed by atoms with van der Waals surface area (Å²) in [7, 11) is 0. The van der Waals surface area contributed by atoms with Gasteiger partial charge in [-0.1, -0.05) is 32.0 Å². The molecule has 1 fully saturated rings. The van der Waals surface area contributed by atoms with E-state index in [1.54, 1.807) is 11.0 Å². The van der Waals surface area contributed by atoms with Crippen LogP contribution in [0, 0.1) is 5.92 Å². The molecule has 1 aliphatic heterocycles. The van der Waals surface area contributed by atoms with Crippen LogP contribution in [0.2, 0.25) is 0 Å². The molecule has 0 bridgehead atoms. The van der Waals surface area contributed by atoms with E-state index in [4.69, 9.17) is 13.9 Å². The van der Waals surface area contributed by atoms with Crippen LogP contribution in [0.25, 0.3) is 5.69 Å². The largest absolute Gasteiger partial charge is 0.444 e. The Morgan fingerprint density at radius 2 is 1.93 bits per heavy atom. The Kier molecular flexibility index (Phi) is 5.82. The number of carbonyl (C=O) groups excluding carboxylic acids is 1. The molecule has 3 rings (SSSR count). The summed E-state index contributed by atoms with van der Waals surface area (Å²) in [6, 6.07) is 7.10. The molecule has 1 aromatic carbocycles. The molecule has 0 N–H and O–H groups in total. The first-order valence-corrected chi connectivity index (χ1v) is 10.2. The lowest BCUT2D eigenvalue weighted by molar-refractivity contribution is -0.0797. The third-order valence-corrected chi connectivity index (χ3v) is 4.94. The van der Waals surface area contributed by atoms with Crippen LogP contribution in [0.4, 0.5) is 4.79 Å². The average Bonchev–Trinajstić information content (AvgIpc) is 3.13. The number of ether oxygens (including phenoxy) is 2. The lowest BCUT2D eigenvalue weighted by Crippen LogP contribution is -2.50. The molecule has 1 amide bonds. The maximum Gasteiger partial charge on any atom is 0.441 e. The van der Waals surface area contributed by atoms with Crippen molar-refractivity contribution in [1.29, 1.82) is 0 Å². The molecule has 0 aliphatic carbocycles. The molecule has 8 nitrogen and oxygen atoms in total. The lowest BCUT2D eigenvalue weighted by Gasteiger charge is -2.35. The normalized spacial score (nSPS) is 21.3. The summed E-state index contributed by atoms with van der Waals surface area (Å²) in [5, 5.41) is 4.02. The summed E-state index contributed by atoms with van der Waals surface area (Å²) < 4.78 is 18.2. The molecule has 2 heterocycles. The van der Waals surface area contributed by atoms with Crippen LogP contribution in [0.3, 0.4) is 0 Å². The van der Waals surface area contributed by atoms with Gasteiger partial charge in [0.1, 0.15) is 17.4 Å². The molecule has 8 heteroatoms. The molecule has 1 saturated heterocycles. The van der Waals surface area contributed by atoms with Gasteiger partial charge in [0.05, 0.1) is 11.7 Å². The van der Waals surface area contributed by atoms with Gasteiger partial charge in [-0.25, -0.2) is 9.59 Å². The van der Waals surface area contributed by atoms with Gasteiger partial charge in [-0.15, -0.1) is 5.10 Å². The van der Waals surface area contributed by atoms with E-state index in [1.807, 2.05) is 52.8 Å². The second-order valence-electron chi connectivity index (χ2n) is 9.51. The highest BCUT2D eigenvalue weighted by Gasteiger charge is 2.52. The van der Waals surface area contributed by atoms with Crippen LogP contribution in [0.1, 0.15) is 66.6 Å². The smallest absolute Gasteiger partial charge is 0.441 e. The van der Waals surface area contributed by atoms with E-state index in [1.165, 1.54) is 4.68 Å². The molecule has 0 spiro atoms. The first-order chi connectivity index (χ1) is 13.9. The number of benzene rings is 1. The Balaban J connectivity index is 2.08. The number of rotatable bonds is 4. The van der Waals surface area contributed by atoms with Crippen molar-refractivity contribution < 1.29 is 18.7 Å². The average molecular weight is 418 g/mol. The van der Waals surface area contributed by atoms with Gasteiger partial charge in [-0.05, 0) is 53.0 Å². The highest BCUT2D eigenvalue weighted by atomic mass is 16.6. The second-order valence-corrected chi connectivity index (χ2v) is 9.51. The predicted molar refractivity (Wildman–Crippen MR) is 111 cm³/mol. The third-order valence-electron chi connectivity index (χ3n) is 4.94. The van der Waals surface area contributed by atoms with E-state index >= 15 is 0 Å². The number of hydrogen-bond donors (Lipinski definition) is 0. The maximum absolute atomic E-state index is 13.2. The van der Waals surface area contributed by atoms with Crippen LogP contribution < -0.4 is 5.76 Å². The first kappa shape index (κ1) is 22.1. The predicted octanol–water partition coefficient (Wildman–Crippen LogP) is 4.28. The van der Waals surface area contributed by atoms with Crippen LogP contribution in [-0.4, -0.2) is 38.1 Å². The van der Waals surface area contributed by atoms with E-state index < -0.39 is 29.3 Å². The fourth-order valence-corrected chi connectivity index (χ4v) is 3.92. The van der Waals surface area contributed by atoms with Crippen LogP contribution in [0.5, 0.6) is 0 Å². The van der Waals surface area contributed by atoms with Crippen molar-refractivity contribution in [1.82, 2.24) is 14.7 Å². The first-order valence-electron chi connectivity index (χ1n) is 10.2. The van der Waals surface area contributed by atoms with E-state index in [2.05, 4.69) is 18.9 Å². The fraction of sp³-hybridized carbons (Fsp3) is 0.591. The van der Waals surface area contributed by atoms with Crippen molar-refractivity contribution in [3.05, 3.63) is 46.8 Å². The number of amides is 1. The number of hydrogen-bond acceptors (Lipinski definition) is 6. The van der Waals surface area contributed by atoms with Gasteiger partial charge in [0.25, 0.3) is 0 Å². The minimum atomic E-state index is -0.894. The summed E-state index contributed by atoms with van der Waals surface area (Å²) in [6.07, 6.45) is 0.929. The molecule has 0 saturated carbocycles. The number of carbonyl (C=O) groups is 1. The standard InChI is InChI=1S/C22H31N3O5/c1-14(2)12-17-18(29-22(6,7)24(17)19(26)30-21(3,4)5)15-10-8-9-11-16(15)25-20(27)28-13-23-25/h8-11,13-14,17-18H,12H2,1-7H3. The molecule has 0 radical (unpaired) electrons. The topological polar surface area (TPSA) is 86.8 Å². The van der Waals surface area contributed by atoms with Crippen molar-refractivity contribution in [2.75, 3.05) is 0 Å². The zero-order valence-electron chi connectivity index (χ0n) is 18.7. The molecule has 2 unspecified atom stereocenters. The number of aromatic nitrogens is 2. The van der Waals surface area contributed by atoms with Crippen molar-refractivity contribution >= 4 is 6.09 Å². The Labute approximate surface area is 176 Å². The molecule has 30 heavy (non-hydrogen) atoms. The summed E-state index contributed by atoms with van der Waals surface area (Å²) >= 11 is 0. The molecule has 1 aromatic heterocycles. The third kappa shape index (κ3) is 4.43. The van der Waals surface area contributed by atoms with Gasteiger partial charge in [0, 0.05) is 5.56 Å². The summed E-state index contributed by atoms with van der Waals surface area (Å²) in [6.45, 7) is 13.4. The van der Waals surface area contributed by atoms with Crippen LogP contribution >= 0.6 is 0 Å². The minimum absolute atomic E-state index is 0.279. The van der Waals surface area contributed by atoms with Gasteiger partial charge in [0.15, 0.2) is 0 Å². The summed E-state index contributed by atoms with van der Waals surface area (Å²) in [5.74, 6) is -0.272. The van der Waals surface area contributed by atoms with Crippen molar-refractivity contribution in [3.63, 3.8) is 0 Å². The van der Waals surface area contributed by atoms with Gasteiger partial charge in [-0.2, -0.15) is 4.68 Å². The van der Waals surface area contributed by atoms with Gasteiger partial charge in [-0.3, -0.25) is 4.90 Å². The van der Waals surface area contributed by atoms with Crippen LogP contribution in [-0.2, 0) is 9.47 Å².